The van der Waals surface area contributed by atoms with E-state index in [-0.39, 0.29) is 0 Å². The summed E-state index contributed by atoms with van der Waals surface area (Å²) in [4.78, 5) is 6.64. The van der Waals surface area contributed by atoms with Crippen LogP contribution in [0.1, 0.15) is 18.9 Å². The van der Waals surface area contributed by atoms with Gasteiger partial charge in [-0.1, -0.05) is 6.92 Å². The summed E-state index contributed by atoms with van der Waals surface area (Å²) in [5.41, 5.74) is 7.96. The lowest BCUT2D eigenvalue weighted by molar-refractivity contribution is 0.659. The molecule has 1 aliphatic rings. The van der Waals surface area contributed by atoms with Crippen LogP contribution in [0.25, 0.3) is 0 Å². The molecule has 0 amide bonds. The van der Waals surface area contributed by atoms with Gasteiger partial charge in [-0.25, -0.2) is 4.98 Å². The number of nitrogens with zero attached hydrogens (tertiary/aromatic N) is 2. The minimum atomic E-state index is 0.761. The number of hydrogen-bond acceptors (Lipinski definition) is 3. The predicted octanol–water partition coefficient (Wildman–Crippen LogP) is 1.82. The SMILES string of the molecule is Cc1ccnc(N2CCC(C)C2)c1N. The molecule has 0 bridgehead atoms. The summed E-state index contributed by atoms with van der Waals surface area (Å²) in [7, 11) is 0. The second-order valence-electron chi connectivity index (χ2n) is 4.20. The number of nitrogens with two attached hydrogens (primary N) is 1. The Labute approximate surface area is 84.9 Å². The van der Waals surface area contributed by atoms with E-state index < -0.39 is 0 Å². The predicted molar refractivity (Wildman–Crippen MR) is 59.4 cm³/mol. The van der Waals surface area contributed by atoms with Gasteiger partial charge < -0.3 is 10.6 Å². The Morgan fingerprint density at radius 3 is 3.00 bits per heavy atom. The summed E-state index contributed by atoms with van der Waals surface area (Å²) >= 11 is 0. The van der Waals surface area contributed by atoms with Crippen LogP contribution < -0.4 is 10.6 Å². The van der Waals surface area contributed by atoms with Crippen molar-refractivity contribution >= 4 is 11.5 Å². The molecule has 0 aliphatic carbocycles. The minimum absolute atomic E-state index is 0.761. The second-order valence-corrected chi connectivity index (χ2v) is 4.20. The molecule has 1 aromatic rings. The average molecular weight is 191 g/mol. The Morgan fingerprint density at radius 2 is 2.36 bits per heavy atom. The molecule has 76 valence electrons. The maximum atomic E-state index is 6.00. The maximum absolute atomic E-state index is 6.00. The number of hydrogen-bond donors (Lipinski definition) is 1. The van der Waals surface area contributed by atoms with Crippen LogP contribution in [0.4, 0.5) is 11.5 Å². The van der Waals surface area contributed by atoms with Crippen LogP contribution in [0.5, 0.6) is 0 Å². The molecule has 2 heterocycles. The molecule has 1 atom stereocenters. The Bertz CT molecular complexity index is 335. The number of nitrogen functional groups attached to an aromatic ring is 1. The van der Waals surface area contributed by atoms with Crippen molar-refractivity contribution in [1.82, 2.24) is 4.98 Å². The molecule has 0 radical (unpaired) electrons. The lowest BCUT2D eigenvalue weighted by Crippen LogP contribution is -2.21. The summed E-state index contributed by atoms with van der Waals surface area (Å²) in [6.45, 7) is 6.47. The Hall–Kier alpha value is -1.25. The molecule has 3 nitrogen and oxygen atoms in total. The fraction of sp³-hybridized carbons (Fsp3) is 0.545. The summed E-state index contributed by atoms with van der Waals surface area (Å²) in [5, 5.41) is 0. The van der Waals surface area contributed by atoms with Crippen molar-refractivity contribution in [2.24, 2.45) is 5.92 Å². The van der Waals surface area contributed by atoms with Gasteiger partial charge in [-0.05, 0) is 30.9 Å². The van der Waals surface area contributed by atoms with Gasteiger partial charge in [-0.15, -0.1) is 0 Å². The van der Waals surface area contributed by atoms with Gasteiger partial charge >= 0.3 is 0 Å². The van der Waals surface area contributed by atoms with Gasteiger partial charge in [0, 0.05) is 19.3 Å². The van der Waals surface area contributed by atoms with E-state index in [9.17, 15) is 0 Å². The van der Waals surface area contributed by atoms with Crippen LogP contribution in [0.15, 0.2) is 12.3 Å². The molecule has 1 saturated heterocycles. The van der Waals surface area contributed by atoms with Crippen molar-refractivity contribution in [1.29, 1.82) is 0 Å². The van der Waals surface area contributed by atoms with Crippen LogP contribution in [0.3, 0.4) is 0 Å². The molecular weight excluding hydrogens is 174 g/mol. The summed E-state index contributed by atoms with van der Waals surface area (Å²) in [6, 6.07) is 1.96. The first kappa shape index (κ1) is 9.31. The molecule has 0 spiro atoms. The Balaban J connectivity index is 2.28. The normalized spacial score (nSPS) is 21.6. The van der Waals surface area contributed by atoms with Crippen LogP contribution in [-0.2, 0) is 0 Å². The highest BCUT2D eigenvalue weighted by Gasteiger charge is 2.21. The highest BCUT2D eigenvalue weighted by molar-refractivity contribution is 5.66. The lowest BCUT2D eigenvalue weighted by atomic mass is 10.2. The van der Waals surface area contributed by atoms with Gasteiger partial charge in [0.25, 0.3) is 0 Å². The monoisotopic (exact) mass is 191 g/mol. The fourth-order valence-corrected chi connectivity index (χ4v) is 1.93. The summed E-state index contributed by atoms with van der Waals surface area (Å²) < 4.78 is 0. The zero-order valence-corrected chi connectivity index (χ0v) is 8.83. The topological polar surface area (TPSA) is 42.2 Å². The molecule has 1 unspecified atom stereocenters. The summed E-state index contributed by atoms with van der Waals surface area (Å²) in [5.74, 6) is 1.73. The van der Waals surface area contributed by atoms with Gasteiger partial charge in [0.2, 0.25) is 0 Å². The van der Waals surface area contributed by atoms with Crippen molar-refractivity contribution in [3.8, 4) is 0 Å². The number of anilines is 2. The number of rotatable bonds is 1. The summed E-state index contributed by atoms with van der Waals surface area (Å²) in [6.07, 6.45) is 3.08. The first-order chi connectivity index (χ1) is 6.68. The van der Waals surface area contributed by atoms with Crippen molar-refractivity contribution in [3.05, 3.63) is 17.8 Å². The third kappa shape index (κ3) is 1.54. The van der Waals surface area contributed by atoms with Crippen molar-refractivity contribution in [2.75, 3.05) is 23.7 Å². The number of aryl methyl sites for hydroxylation is 1. The molecule has 2 rings (SSSR count). The molecule has 1 aromatic heterocycles. The average Bonchev–Trinajstić information content (AvgIpc) is 2.57. The quantitative estimate of drug-likeness (QED) is 0.736. The highest BCUT2D eigenvalue weighted by Crippen LogP contribution is 2.28. The van der Waals surface area contributed by atoms with Crippen molar-refractivity contribution < 1.29 is 0 Å². The first-order valence-electron chi connectivity index (χ1n) is 5.14. The molecule has 1 fully saturated rings. The molecule has 2 N–H and O–H groups in total. The standard InChI is InChI=1S/C11H17N3/c1-8-4-6-14(7-8)11-10(12)9(2)3-5-13-11/h3,5,8H,4,6-7,12H2,1-2H3. The van der Waals surface area contributed by atoms with E-state index in [0.717, 1.165) is 36.1 Å². The zero-order chi connectivity index (χ0) is 10.1. The van der Waals surface area contributed by atoms with Gasteiger partial charge in [-0.3, -0.25) is 0 Å². The van der Waals surface area contributed by atoms with E-state index in [1.165, 1.54) is 6.42 Å². The second kappa shape index (κ2) is 3.48. The highest BCUT2D eigenvalue weighted by atomic mass is 15.2. The van der Waals surface area contributed by atoms with E-state index in [2.05, 4.69) is 16.8 Å². The first-order valence-corrected chi connectivity index (χ1v) is 5.14. The van der Waals surface area contributed by atoms with Crippen LogP contribution in [0.2, 0.25) is 0 Å². The van der Waals surface area contributed by atoms with E-state index in [1.54, 1.807) is 0 Å². The fourth-order valence-electron chi connectivity index (χ4n) is 1.93. The Morgan fingerprint density at radius 1 is 1.57 bits per heavy atom. The largest absolute Gasteiger partial charge is 0.396 e. The third-order valence-corrected chi connectivity index (χ3v) is 2.91. The van der Waals surface area contributed by atoms with Crippen molar-refractivity contribution in [2.45, 2.75) is 20.3 Å². The molecule has 0 aromatic carbocycles. The van der Waals surface area contributed by atoms with Gasteiger partial charge in [0.1, 0.15) is 0 Å². The molecule has 0 saturated carbocycles. The number of aromatic nitrogens is 1. The lowest BCUT2D eigenvalue weighted by Gasteiger charge is -2.19. The van der Waals surface area contributed by atoms with Crippen LogP contribution in [0, 0.1) is 12.8 Å². The van der Waals surface area contributed by atoms with E-state index in [0.29, 0.717) is 0 Å². The van der Waals surface area contributed by atoms with Crippen LogP contribution >= 0.6 is 0 Å². The minimum Gasteiger partial charge on any atom is -0.396 e. The molecule has 3 heteroatoms. The van der Waals surface area contributed by atoms with E-state index in [1.807, 2.05) is 19.2 Å². The Kier molecular flexibility index (Phi) is 2.32. The zero-order valence-electron chi connectivity index (χ0n) is 8.83. The third-order valence-electron chi connectivity index (χ3n) is 2.91. The van der Waals surface area contributed by atoms with Crippen LogP contribution in [-0.4, -0.2) is 18.1 Å². The number of pyridine rings is 1. The molecule has 14 heavy (non-hydrogen) atoms. The van der Waals surface area contributed by atoms with Gasteiger partial charge in [-0.2, -0.15) is 0 Å². The van der Waals surface area contributed by atoms with E-state index >= 15 is 0 Å². The van der Waals surface area contributed by atoms with Gasteiger partial charge in [0.05, 0.1) is 5.69 Å². The smallest absolute Gasteiger partial charge is 0.152 e. The maximum Gasteiger partial charge on any atom is 0.152 e. The molecular formula is C11H17N3. The van der Waals surface area contributed by atoms with Gasteiger partial charge in [0.15, 0.2) is 5.82 Å². The van der Waals surface area contributed by atoms with E-state index in [4.69, 9.17) is 5.73 Å². The van der Waals surface area contributed by atoms with Crippen molar-refractivity contribution in [3.63, 3.8) is 0 Å². The molecule has 1 aliphatic heterocycles.